The maximum atomic E-state index is 9.65. The first-order valence-corrected chi connectivity index (χ1v) is 4.60. The van der Waals surface area contributed by atoms with Crippen LogP contribution in [0, 0.1) is 15.9 Å². The van der Waals surface area contributed by atoms with Gasteiger partial charge in [-0.25, -0.2) is 0 Å². The van der Waals surface area contributed by atoms with Crippen LogP contribution in [0.1, 0.15) is 12.5 Å². The Morgan fingerprint density at radius 2 is 1.92 bits per heavy atom. The molecule has 1 nitrogen and oxygen atoms in total. The van der Waals surface area contributed by atoms with Crippen LogP contribution >= 0.6 is 22.6 Å². The standard InChI is InChI=1S/C10H9IO/c1-3-10(2,12)8-4-6-9(11)7-5-8/h1,4-7,12H,2H3. The van der Waals surface area contributed by atoms with E-state index in [1.807, 2.05) is 24.3 Å². The molecule has 1 rings (SSSR count). The van der Waals surface area contributed by atoms with Crippen LogP contribution in [0.4, 0.5) is 0 Å². The Morgan fingerprint density at radius 1 is 1.42 bits per heavy atom. The van der Waals surface area contributed by atoms with Crippen LogP contribution < -0.4 is 0 Å². The minimum atomic E-state index is -1.15. The SMILES string of the molecule is C#CC(C)(O)c1ccc(I)cc1. The highest BCUT2D eigenvalue weighted by molar-refractivity contribution is 14.1. The summed E-state index contributed by atoms with van der Waals surface area (Å²) in [5.41, 5.74) is -0.393. The van der Waals surface area contributed by atoms with Crippen LogP contribution in [0.5, 0.6) is 0 Å². The first-order chi connectivity index (χ1) is 5.56. The summed E-state index contributed by atoms with van der Waals surface area (Å²) in [6.45, 7) is 1.61. The predicted molar refractivity (Wildman–Crippen MR) is 57.6 cm³/mol. The van der Waals surface area contributed by atoms with Crippen LogP contribution in [-0.2, 0) is 5.60 Å². The van der Waals surface area contributed by atoms with E-state index < -0.39 is 5.60 Å². The third kappa shape index (κ3) is 1.99. The van der Waals surface area contributed by atoms with Crippen LogP contribution in [0.3, 0.4) is 0 Å². The molecular formula is C10H9IO. The maximum absolute atomic E-state index is 9.65. The molecule has 0 saturated carbocycles. The Morgan fingerprint density at radius 3 is 2.33 bits per heavy atom. The smallest absolute Gasteiger partial charge is 0.147 e. The Kier molecular flexibility index (Phi) is 2.76. The van der Waals surface area contributed by atoms with Crippen molar-refractivity contribution in [2.24, 2.45) is 0 Å². The van der Waals surface area contributed by atoms with Crippen LogP contribution in [0.15, 0.2) is 24.3 Å². The van der Waals surface area contributed by atoms with Gasteiger partial charge in [0.05, 0.1) is 0 Å². The minimum Gasteiger partial charge on any atom is -0.374 e. The lowest BCUT2D eigenvalue weighted by Gasteiger charge is -2.16. The van der Waals surface area contributed by atoms with Crippen molar-refractivity contribution in [3.05, 3.63) is 33.4 Å². The molecule has 0 heterocycles. The van der Waals surface area contributed by atoms with Gasteiger partial charge in [-0.1, -0.05) is 18.1 Å². The molecule has 62 valence electrons. The lowest BCUT2D eigenvalue weighted by molar-refractivity contribution is 0.122. The Hall–Kier alpha value is -0.530. The zero-order chi connectivity index (χ0) is 9.19. The van der Waals surface area contributed by atoms with E-state index >= 15 is 0 Å². The van der Waals surface area contributed by atoms with Gasteiger partial charge < -0.3 is 5.11 Å². The summed E-state index contributed by atoms with van der Waals surface area (Å²) < 4.78 is 1.13. The largest absolute Gasteiger partial charge is 0.374 e. The lowest BCUT2D eigenvalue weighted by Crippen LogP contribution is -2.17. The fraction of sp³-hybridized carbons (Fsp3) is 0.200. The molecule has 0 aliphatic heterocycles. The van der Waals surface area contributed by atoms with Gasteiger partial charge in [-0.2, -0.15) is 0 Å². The monoisotopic (exact) mass is 272 g/mol. The first-order valence-electron chi connectivity index (χ1n) is 3.52. The van der Waals surface area contributed by atoms with Crippen molar-refractivity contribution in [1.29, 1.82) is 0 Å². The van der Waals surface area contributed by atoms with E-state index in [0.717, 1.165) is 9.13 Å². The Bertz CT molecular complexity index is 306. The molecule has 12 heavy (non-hydrogen) atoms. The number of hydrogen-bond donors (Lipinski definition) is 1. The summed E-state index contributed by atoms with van der Waals surface area (Å²) >= 11 is 2.20. The van der Waals surface area contributed by atoms with Crippen molar-refractivity contribution >= 4 is 22.6 Å². The van der Waals surface area contributed by atoms with Gasteiger partial charge in [0.25, 0.3) is 0 Å². The normalized spacial score (nSPS) is 14.8. The van der Waals surface area contributed by atoms with Crippen molar-refractivity contribution in [2.75, 3.05) is 0 Å². The summed E-state index contributed by atoms with van der Waals surface area (Å²) in [4.78, 5) is 0. The van der Waals surface area contributed by atoms with Crippen molar-refractivity contribution < 1.29 is 5.11 Å². The van der Waals surface area contributed by atoms with Gasteiger partial charge in [0.15, 0.2) is 0 Å². The Labute approximate surface area is 85.9 Å². The van der Waals surface area contributed by atoms with E-state index in [9.17, 15) is 5.11 Å². The summed E-state index contributed by atoms with van der Waals surface area (Å²) in [5, 5.41) is 9.65. The molecule has 0 bridgehead atoms. The fourth-order valence-electron chi connectivity index (χ4n) is 0.858. The predicted octanol–water partition coefficient (Wildman–Crippen LogP) is 2.13. The van der Waals surface area contributed by atoms with Crippen molar-refractivity contribution in [3.63, 3.8) is 0 Å². The molecule has 0 aliphatic rings. The number of halogens is 1. The van der Waals surface area contributed by atoms with Crippen LogP contribution in [0.25, 0.3) is 0 Å². The third-order valence-corrected chi connectivity index (χ3v) is 2.41. The molecule has 1 aromatic carbocycles. The van der Waals surface area contributed by atoms with Crippen molar-refractivity contribution in [1.82, 2.24) is 0 Å². The Balaban J connectivity index is 3.07. The first kappa shape index (κ1) is 9.56. The molecular weight excluding hydrogens is 263 g/mol. The van der Waals surface area contributed by atoms with Gasteiger partial charge in [0.1, 0.15) is 5.60 Å². The zero-order valence-corrected chi connectivity index (χ0v) is 8.87. The lowest BCUT2D eigenvalue weighted by atomic mass is 9.97. The number of hydrogen-bond acceptors (Lipinski definition) is 1. The number of benzene rings is 1. The zero-order valence-electron chi connectivity index (χ0n) is 6.71. The van der Waals surface area contributed by atoms with E-state index in [0.29, 0.717) is 0 Å². The summed E-state index contributed by atoms with van der Waals surface area (Å²) in [5.74, 6) is 2.33. The summed E-state index contributed by atoms with van der Waals surface area (Å²) in [6, 6.07) is 7.51. The second-order valence-corrected chi connectivity index (χ2v) is 3.97. The molecule has 1 unspecified atom stereocenters. The van der Waals surface area contributed by atoms with Crippen molar-refractivity contribution in [2.45, 2.75) is 12.5 Å². The summed E-state index contributed by atoms with van der Waals surface area (Å²) in [7, 11) is 0. The second-order valence-electron chi connectivity index (χ2n) is 2.72. The molecule has 0 radical (unpaired) electrons. The van der Waals surface area contributed by atoms with Crippen LogP contribution in [-0.4, -0.2) is 5.11 Å². The fourth-order valence-corrected chi connectivity index (χ4v) is 1.22. The van der Waals surface area contributed by atoms with Gasteiger partial charge >= 0.3 is 0 Å². The van der Waals surface area contributed by atoms with E-state index in [-0.39, 0.29) is 0 Å². The van der Waals surface area contributed by atoms with Crippen molar-refractivity contribution in [3.8, 4) is 12.3 Å². The molecule has 1 atom stereocenters. The van der Waals surface area contributed by atoms with Gasteiger partial charge in [-0.05, 0) is 47.2 Å². The second kappa shape index (κ2) is 3.46. The van der Waals surface area contributed by atoms with Gasteiger partial charge in [0.2, 0.25) is 0 Å². The summed E-state index contributed by atoms with van der Waals surface area (Å²) in [6.07, 6.45) is 5.17. The number of rotatable bonds is 1. The van der Waals surface area contributed by atoms with Gasteiger partial charge in [-0.15, -0.1) is 6.42 Å². The molecule has 0 aliphatic carbocycles. The van der Waals surface area contributed by atoms with Gasteiger partial charge in [0, 0.05) is 3.57 Å². The third-order valence-electron chi connectivity index (χ3n) is 1.69. The highest BCUT2D eigenvalue weighted by atomic mass is 127. The maximum Gasteiger partial charge on any atom is 0.147 e. The highest BCUT2D eigenvalue weighted by Gasteiger charge is 2.18. The molecule has 1 N–H and O–H groups in total. The molecule has 0 aromatic heterocycles. The van der Waals surface area contributed by atoms with Crippen LogP contribution in [0.2, 0.25) is 0 Å². The topological polar surface area (TPSA) is 20.2 Å². The average Bonchev–Trinajstić information content (AvgIpc) is 2.05. The van der Waals surface area contributed by atoms with Gasteiger partial charge in [-0.3, -0.25) is 0 Å². The molecule has 2 heteroatoms. The highest BCUT2D eigenvalue weighted by Crippen LogP contribution is 2.19. The number of terminal acetylenes is 1. The van der Waals surface area contributed by atoms with E-state index in [4.69, 9.17) is 6.42 Å². The van der Waals surface area contributed by atoms with E-state index in [1.54, 1.807) is 6.92 Å². The quantitative estimate of drug-likeness (QED) is 0.613. The molecule has 0 amide bonds. The van der Waals surface area contributed by atoms with E-state index in [2.05, 4.69) is 28.5 Å². The minimum absolute atomic E-state index is 0.755. The molecule has 0 fully saturated rings. The molecule has 0 saturated heterocycles. The molecule has 0 spiro atoms. The van der Waals surface area contributed by atoms with E-state index in [1.165, 1.54) is 0 Å². The molecule has 1 aromatic rings. The number of aliphatic hydroxyl groups is 1. The average molecular weight is 272 g/mol.